The van der Waals surface area contributed by atoms with E-state index in [9.17, 15) is 4.79 Å². The first-order valence-electron chi connectivity index (χ1n) is 5.96. The van der Waals surface area contributed by atoms with E-state index in [1.54, 1.807) is 0 Å². The fourth-order valence-corrected chi connectivity index (χ4v) is 1.62. The summed E-state index contributed by atoms with van der Waals surface area (Å²) in [5.74, 6) is 1.09. The number of benzene rings is 1. The highest BCUT2D eigenvalue weighted by molar-refractivity contribution is 9.10. The van der Waals surface area contributed by atoms with Gasteiger partial charge in [-0.3, -0.25) is 4.79 Å². The van der Waals surface area contributed by atoms with Crippen LogP contribution in [-0.2, 0) is 0 Å². The summed E-state index contributed by atoms with van der Waals surface area (Å²) in [5.41, 5.74) is 1.80. The molecule has 0 spiro atoms. The van der Waals surface area contributed by atoms with E-state index in [-0.39, 0.29) is 5.91 Å². The van der Waals surface area contributed by atoms with Crippen LogP contribution in [0.3, 0.4) is 0 Å². The van der Waals surface area contributed by atoms with E-state index in [4.69, 9.17) is 0 Å². The largest absolute Gasteiger partial charge is 0.352 e. The zero-order chi connectivity index (χ0) is 13.0. The highest BCUT2D eigenvalue weighted by Crippen LogP contribution is 2.17. The quantitative estimate of drug-likeness (QED) is 0.900. The standard InChI is InChI=1S/C14H20BrNO/c1-9(2)11(4)8-16-14(17)12-5-6-13(15)10(3)7-12/h5-7,9,11H,8H2,1-4H3,(H,16,17). The van der Waals surface area contributed by atoms with Crippen LogP contribution in [0.5, 0.6) is 0 Å². The number of carbonyl (C=O) groups is 1. The highest BCUT2D eigenvalue weighted by Gasteiger charge is 2.10. The van der Waals surface area contributed by atoms with Crippen molar-refractivity contribution in [2.75, 3.05) is 6.54 Å². The molecule has 0 aliphatic heterocycles. The molecule has 0 saturated carbocycles. The molecular formula is C14H20BrNO. The van der Waals surface area contributed by atoms with Gasteiger partial charge in [0.1, 0.15) is 0 Å². The van der Waals surface area contributed by atoms with E-state index in [1.165, 1.54) is 0 Å². The average molecular weight is 298 g/mol. The average Bonchev–Trinajstić information content (AvgIpc) is 2.28. The Kier molecular flexibility index (Phi) is 5.19. The predicted molar refractivity (Wildman–Crippen MR) is 75.2 cm³/mol. The van der Waals surface area contributed by atoms with Crippen molar-refractivity contribution in [1.82, 2.24) is 5.32 Å². The lowest BCUT2D eigenvalue weighted by Crippen LogP contribution is -2.30. The maximum absolute atomic E-state index is 11.9. The molecule has 3 heteroatoms. The maximum atomic E-state index is 11.9. The lowest BCUT2D eigenvalue weighted by atomic mass is 9.98. The maximum Gasteiger partial charge on any atom is 0.251 e. The monoisotopic (exact) mass is 297 g/mol. The molecule has 2 nitrogen and oxygen atoms in total. The van der Waals surface area contributed by atoms with Gasteiger partial charge >= 0.3 is 0 Å². The fourth-order valence-electron chi connectivity index (χ4n) is 1.38. The van der Waals surface area contributed by atoms with Gasteiger partial charge in [0.05, 0.1) is 0 Å². The SMILES string of the molecule is Cc1cc(C(=O)NCC(C)C(C)C)ccc1Br. The Morgan fingerprint density at radius 2 is 2.00 bits per heavy atom. The second kappa shape index (κ2) is 6.20. The van der Waals surface area contributed by atoms with E-state index in [1.807, 2.05) is 25.1 Å². The molecule has 1 aromatic rings. The van der Waals surface area contributed by atoms with E-state index in [2.05, 4.69) is 42.0 Å². The van der Waals surface area contributed by atoms with Crippen LogP contribution in [0.2, 0.25) is 0 Å². The van der Waals surface area contributed by atoms with Crippen LogP contribution in [0.15, 0.2) is 22.7 Å². The number of hydrogen-bond donors (Lipinski definition) is 1. The van der Waals surface area contributed by atoms with Crippen LogP contribution in [0.1, 0.15) is 36.7 Å². The van der Waals surface area contributed by atoms with Gasteiger partial charge in [0.2, 0.25) is 0 Å². The van der Waals surface area contributed by atoms with Gasteiger partial charge in [-0.15, -0.1) is 0 Å². The molecule has 0 heterocycles. The van der Waals surface area contributed by atoms with E-state index in [0.29, 0.717) is 11.8 Å². The molecule has 1 unspecified atom stereocenters. The molecular weight excluding hydrogens is 278 g/mol. The zero-order valence-corrected chi connectivity index (χ0v) is 12.5. The Labute approximate surface area is 112 Å². The third-order valence-corrected chi connectivity index (χ3v) is 4.03. The first-order valence-corrected chi connectivity index (χ1v) is 6.75. The topological polar surface area (TPSA) is 29.1 Å². The van der Waals surface area contributed by atoms with Crippen LogP contribution < -0.4 is 5.32 Å². The number of hydrogen-bond acceptors (Lipinski definition) is 1. The molecule has 17 heavy (non-hydrogen) atoms. The summed E-state index contributed by atoms with van der Waals surface area (Å²) in [6, 6.07) is 5.65. The van der Waals surface area contributed by atoms with Crippen LogP contribution in [-0.4, -0.2) is 12.5 Å². The molecule has 1 amide bonds. The third-order valence-electron chi connectivity index (χ3n) is 3.14. The molecule has 0 radical (unpaired) electrons. The molecule has 0 fully saturated rings. The van der Waals surface area contributed by atoms with Crippen LogP contribution in [0, 0.1) is 18.8 Å². The zero-order valence-electron chi connectivity index (χ0n) is 10.9. The van der Waals surface area contributed by atoms with Crippen LogP contribution >= 0.6 is 15.9 Å². The van der Waals surface area contributed by atoms with Gasteiger partial charge in [-0.1, -0.05) is 36.7 Å². The number of amides is 1. The Morgan fingerprint density at radius 3 is 2.53 bits per heavy atom. The van der Waals surface area contributed by atoms with Gasteiger partial charge in [0, 0.05) is 16.6 Å². The summed E-state index contributed by atoms with van der Waals surface area (Å²) in [6.45, 7) is 9.20. The minimum Gasteiger partial charge on any atom is -0.352 e. The van der Waals surface area contributed by atoms with Gasteiger partial charge in [-0.05, 0) is 42.5 Å². The first kappa shape index (κ1) is 14.2. The van der Waals surface area contributed by atoms with Gasteiger partial charge in [0.25, 0.3) is 5.91 Å². The normalized spacial score (nSPS) is 12.6. The number of nitrogens with one attached hydrogen (secondary N) is 1. The Morgan fingerprint density at radius 1 is 1.35 bits per heavy atom. The Bertz CT molecular complexity index is 401. The number of rotatable bonds is 4. The summed E-state index contributed by atoms with van der Waals surface area (Å²) in [7, 11) is 0. The van der Waals surface area contributed by atoms with Crippen LogP contribution in [0.25, 0.3) is 0 Å². The predicted octanol–water partition coefficient (Wildman–Crippen LogP) is 3.78. The minimum atomic E-state index is 0.00750. The second-order valence-electron chi connectivity index (χ2n) is 4.90. The molecule has 0 aromatic heterocycles. The molecule has 0 aliphatic carbocycles. The van der Waals surface area contributed by atoms with Crippen molar-refractivity contribution in [1.29, 1.82) is 0 Å². The van der Waals surface area contributed by atoms with Crippen molar-refractivity contribution < 1.29 is 4.79 Å². The molecule has 1 N–H and O–H groups in total. The lowest BCUT2D eigenvalue weighted by molar-refractivity contribution is 0.0945. The van der Waals surface area contributed by atoms with E-state index >= 15 is 0 Å². The minimum absolute atomic E-state index is 0.00750. The van der Waals surface area contributed by atoms with E-state index in [0.717, 1.165) is 22.1 Å². The molecule has 1 aromatic carbocycles. The lowest BCUT2D eigenvalue weighted by Gasteiger charge is -2.16. The van der Waals surface area contributed by atoms with Crippen molar-refractivity contribution in [3.05, 3.63) is 33.8 Å². The smallest absolute Gasteiger partial charge is 0.251 e. The second-order valence-corrected chi connectivity index (χ2v) is 5.75. The Balaban J connectivity index is 2.61. The highest BCUT2D eigenvalue weighted by atomic mass is 79.9. The molecule has 1 atom stereocenters. The molecule has 94 valence electrons. The summed E-state index contributed by atoms with van der Waals surface area (Å²) in [4.78, 5) is 11.9. The molecule has 0 aliphatic rings. The number of aryl methyl sites for hydroxylation is 1. The van der Waals surface area contributed by atoms with Gasteiger partial charge < -0.3 is 5.32 Å². The molecule has 0 bridgehead atoms. The fraction of sp³-hybridized carbons (Fsp3) is 0.500. The summed E-state index contributed by atoms with van der Waals surface area (Å²) >= 11 is 3.43. The van der Waals surface area contributed by atoms with Crippen molar-refractivity contribution in [2.24, 2.45) is 11.8 Å². The van der Waals surface area contributed by atoms with Gasteiger partial charge in [0.15, 0.2) is 0 Å². The van der Waals surface area contributed by atoms with E-state index < -0.39 is 0 Å². The van der Waals surface area contributed by atoms with Crippen LogP contribution in [0.4, 0.5) is 0 Å². The first-order chi connectivity index (χ1) is 7.91. The summed E-state index contributed by atoms with van der Waals surface area (Å²) < 4.78 is 1.03. The Hall–Kier alpha value is -0.830. The molecule has 1 rings (SSSR count). The van der Waals surface area contributed by atoms with Crippen molar-refractivity contribution in [2.45, 2.75) is 27.7 Å². The number of halogens is 1. The number of carbonyl (C=O) groups excluding carboxylic acids is 1. The third kappa shape index (κ3) is 4.15. The van der Waals surface area contributed by atoms with Crippen molar-refractivity contribution in [3.63, 3.8) is 0 Å². The van der Waals surface area contributed by atoms with Gasteiger partial charge in [-0.2, -0.15) is 0 Å². The van der Waals surface area contributed by atoms with Crippen molar-refractivity contribution in [3.8, 4) is 0 Å². The summed E-state index contributed by atoms with van der Waals surface area (Å²) in [6.07, 6.45) is 0. The van der Waals surface area contributed by atoms with Crippen molar-refractivity contribution >= 4 is 21.8 Å². The van der Waals surface area contributed by atoms with Gasteiger partial charge in [-0.25, -0.2) is 0 Å². The summed E-state index contributed by atoms with van der Waals surface area (Å²) in [5, 5.41) is 2.97. The molecule has 0 saturated heterocycles.